The van der Waals surface area contributed by atoms with E-state index in [0.29, 0.717) is 25.2 Å². The Morgan fingerprint density at radius 2 is 2.00 bits per heavy atom. The Bertz CT molecular complexity index is 604. The van der Waals surface area contributed by atoms with Gasteiger partial charge in [-0.3, -0.25) is 4.79 Å². The predicted molar refractivity (Wildman–Crippen MR) is 88.6 cm³/mol. The number of hydrogen-bond donors (Lipinski definition) is 2. The van der Waals surface area contributed by atoms with Gasteiger partial charge >= 0.3 is 0 Å². The first-order valence-corrected chi connectivity index (χ1v) is 8.53. The molecular weight excluding hydrogens is 326 g/mol. The lowest BCUT2D eigenvalue weighted by molar-refractivity contribution is -0.115. The van der Waals surface area contributed by atoms with Crippen molar-refractivity contribution in [1.82, 2.24) is 4.31 Å². The first-order valence-electron chi connectivity index (χ1n) is 7.09. The van der Waals surface area contributed by atoms with Gasteiger partial charge in [0.2, 0.25) is 15.9 Å². The number of carbonyl (C=O) groups is 1. The van der Waals surface area contributed by atoms with Crippen molar-refractivity contribution in [3.05, 3.63) is 24.3 Å². The molecule has 1 unspecified atom stereocenters. The number of hydrogen-bond acceptors (Lipinski definition) is 4. The van der Waals surface area contributed by atoms with Gasteiger partial charge in [-0.15, -0.1) is 12.4 Å². The standard InChI is InChI=1S/C14H21N3O3S.ClH/c1-2-14(18)16-12-5-7-13(8-6-12)21(19,20)17-9-3-4-11(15)10-17;/h5-8,11H,2-4,9-10,15H2,1H3,(H,16,18);1H. The molecule has 8 heteroatoms. The lowest BCUT2D eigenvalue weighted by Crippen LogP contribution is -2.45. The number of nitrogens with one attached hydrogen (secondary N) is 1. The number of amides is 1. The van der Waals surface area contributed by atoms with E-state index in [0.717, 1.165) is 12.8 Å². The lowest BCUT2D eigenvalue weighted by atomic mass is 10.1. The third-order valence-electron chi connectivity index (χ3n) is 3.52. The number of nitrogens with two attached hydrogens (primary N) is 1. The van der Waals surface area contributed by atoms with Crippen LogP contribution < -0.4 is 11.1 Å². The van der Waals surface area contributed by atoms with E-state index in [2.05, 4.69) is 5.32 Å². The van der Waals surface area contributed by atoms with Crippen molar-refractivity contribution in [3.8, 4) is 0 Å². The van der Waals surface area contributed by atoms with Gasteiger partial charge in [0.05, 0.1) is 4.90 Å². The number of benzene rings is 1. The number of anilines is 1. The third kappa shape index (κ3) is 4.42. The largest absolute Gasteiger partial charge is 0.327 e. The minimum atomic E-state index is -3.51. The van der Waals surface area contributed by atoms with E-state index in [1.54, 1.807) is 19.1 Å². The van der Waals surface area contributed by atoms with Gasteiger partial charge in [0.1, 0.15) is 0 Å². The van der Waals surface area contributed by atoms with E-state index in [1.165, 1.54) is 16.4 Å². The Kier molecular flexibility index (Phi) is 6.80. The van der Waals surface area contributed by atoms with E-state index >= 15 is 0 Å². The van der Waals surface area contributed by atoms with Crippen LogP contribution in [-0.4, -0.2) is 37.8 Å². The highest BCUT2D eigenvalue weighted by atomic mass is 35.5. The van der Waals surface area contributed by atoms with E-state index in [9.17, 15) is 13.2 Å². The zero-order chi connectivity index (χ0) is 15.5. The van der Waals surface area contributed by atoms with Crippen LogP contribution in [0.3, 0.4) is 0 Å². The number of carbonyl (C=O) groups excluding carboxylic acids is 1. The average molecular weight is 348 g/mol. The van der Waals surface area contributed by atoms with Crippen molar-refractivity contribution < 1.29 is 13.2 Å². The Labute approximate surface area is 137 Å². The highest BCUT2D eigenvalue weighted by Crippen LogP contribution is 2.21. The van der Waals surface area contributed by atoms with Gasteiger partial charge in [0.15, 0.2) is 0 Å². The monoisotopic (exact) mass is 347 g/mol. The summed E-state index contributed by atoms with van der Waals surface area (Å²) in [5.74, 6) is -0.104. The highest BCUT2D eigenvalue weighted by molar-refractivity contribution is 7.89. The summed E-state index contributed by atoms with van der Waals surface area (Å²) in [6.07, 6.45) is 2.02. The summed E-state index contributed by atoms with van der Waals surface area (Å²) in [4.78, 5) is 11.5. The van der Waals surface area contributed by atoms with E-state index in [4.69, 9.17) is 5.73 Å². The molecule has 0 spiro atoms. The molecule has 0 radical (unpaired) electrons. The molecule has 0 aliphatic carbocycles. The minimum absolute atomic E-state index is 0. The van der Waals surface area contributed by atoms with Gasteiger partial charge in [-0.25, -0.2) is 8.42 Å². The second-order valence-electron chi connectivity index (χ2n) is 5.19. The number of sulfonamides is 1. The molecule has 6 nitrogen and oxygen atoms in total. The first kappa shape index (κ1) is 18.9. The summed E-state index contributed by atoms with van der Waals surface area (Å²) in [6, 6.07) is 6.13. The first-order chi connectivity index (χ1) is 9.93. The zero-order valence-electron chi connectivity index (χ0n) is 12.5. The van der Waals surface area contributed by atoms with Crippen molar-refractivity contribution in [2.75, 3.05) is 18.4 Å². The van der Waals surface area contributed by atoms with Crippen LogP contribution in [0, 0.1) is 0 Å². The molecule has 1 saturated heterocycles. The fourth-order valence-electron chi connectivity index (χ4n) is 2.30. The van der Waals surface area contributed by atoms with Crippen LogP contribution in [0.1, 0.15) is 26.2 Å². The molecule has 1 atom stereocenters. The smallest absolute Gasteiger partial charge is 0.243 e. The van der Waals surface area contributed by atoms with Crippen LogP contribution in [0.5, 0.6) is 0 Å². The highest BCUT2D eigenvalue weighted by Gasteiger charge is 2.28. The molecule has 22 heavy (non-hydrogen) atoms. The van der Waals surface area contributed by atoms with E-state index < -0.39 is 10.0 Å². The molecule has 1 aromatic carbocycles. The van der Waals surface area contributed by atoms with Crippen molar-refractivity contribution in [1.29, 1.82) is 0 Å². The zero-order valence-corrected chi connectivity index (χ0v) is 14.1. The average Bonchev–Trinajstić information content (AvgIpc) is 2.47. The van der Waals surface area contributed by atoms with Crippen LogP contribution in [0.4, 0.5) is 5.69 Å². The second-order valence-corrected chi connectivity index (χ2v) is 7.13. The second kappa shape index (κ2) is 7.92. The molecule has 1 aliphatic rings. The summed E-state index contributed by atoms with van der Waals surface area (Å²) in [6.45, 7) is 2.62. The maximum absolute atomic E-state index is 12.5. The molecule has 124 valence electrons. The Balaban J connectivity index is 0.00000242. The Morgan fingerprint density at radius 3 is 2.55 bits per heavy atom. The SMILES string of the molecule is CCC(=O)Nc1ccc(S(=O)(=O)N2CCCC(N)C2)cc1.Cl. The normalized spacial score (nSPS) is 19.3. The fraction of sp³-hybridized carbons (Fsp3) is 0.500. The maximum atomic E-state index is 12.5. The minimum Gasteiger partial charge on any atom is -0.327 e. The van der Waals surface area contributed by atoms with Gasteiger partial charge in [-0.1, -0.05) is 6.92 Å². The molecule has 3 N–H and O–H groups in total. The topological polar surface area (TPSA) is 92.5 Å². The van der Waals surface area contributed by atoms with Gasteiger partial charge in [0.25, 0.3) is 0 Å². The molecule has 1 aliphatic heterocycles. The molecule has 1 aromatic rings. The van der Waals surface area contributed by atoms with Crippen LogP contribution >= 0.6 is 12.4 Å². The molecule has 1 fully saturated rings. The van der Waals surface area contributed by atoms with Gasteiger partial charge in [0, 0.05) is 31.2 Å². The third-order valence-corrected chi connectivity index (χ3v) is 5.40. The predicted octanol–water partition coefficient (Wildman–Crippen LogP) is 1.57. The number of halogens is 1. The van der Waals surface area contributed by atoms with Crippen LogP contribution in [0.25, 0.3) is 0 Å². The van der Waals surface area contributed by atoms with Crippen LogP contribution in [0.2, 0.25) is 0 Å². The van der Waals surface area contributed by atoms with Crippen molar-refractivity contribution in [3.63, 3.8) is 0 Å². The molecule has 0 aromatic heterocycles. The summed E-state index contributed by atoms with van der Waals surface area (Å²) >= 11 is 0. The van der Waals surface area contributed by atoms with Gasteiger partial charge in [-0.05, 0) is 37.1 Å². The van der Waals surface area contributed by atoms with E-state index in [-0.39, 0.29) is 29.3 Å². The molecule has 2 rings (SSSR count). The number of rotatable bonds is 4. The molecule has 1 heterocycles. The summed E-state index contributed by atoms with van der Waals surface area (Å²) in [7, 11) is -3.51. The summed E-state index contributed by atoms with van der Waals surface area (Å²) < 4.78 is 26.4. The van der Waals surface area contributed by atoms with E-state index in [1.807, 2.05) is 0 Å². The fourth-order valence-corrected chi connectivity index (χ4v) is 3.84. The molecular formula is C14H22ClN3O3S. The quantitative estimate of drug-likeness (QED) is 0.864. The van der Waals surface area contributed by atoms with Crippen molar-refractivity contribution >= 4 is 34.0 Å². The molecule has 0 bridgehead atoms. The number of nitrogens with zero attached hydrogens (tertiary/aromatic N) is 1. The van der Waals surface area contributed by atoms with Crippen molar-refractivity contribution in [2.45, 2.75) is 37.1 Å². The number of piperidine rings is 1. The summed E-state index contributed by atoms with van der Waals surface area (Å²) in [5.41, 5.74) is 6.43. The van der Waals surface area contributed by atoms with Crippen LogP contribution in [0.15, 0.2) is 29.2 Å². The maximum Gasteiger partial charge on any atom is 0.243 e. The molecule has 0 saturated carbocycles. The van der Waals surface area contributed by atoms with Crippen LogP contribution in [-0.2, 0) is 14.8 Å². The van der Waals surface area contributed by atoms with Crippen molar-refractivity contribution in [2.24, 2.45) is 5.73 Å². The van der Waals surface area contributed by atoms with Gasteiger partial charge in [-0.2, -0.15) is 4.31 Å². The Morgan fingerprint density at radius 1 is 1.36 bits per heavy atom. The lowest BCUT2D eigenvalue weighted by Gasteiger charge is -2.29. The Hall–Kier alpha value is -1.15. The summed E-state index contributed by atoms with van der Waals surface area (Å²) in [5, 5.41) is 2.69. The molecule has 1 amide bonds. The van der Waals surface area contributed by atoms with Gasteiger partial charge < -0.3 is 11.1 Å².